The van der Waals surface area contributed by atoms with Gasteiger partial charge in [0.05, 0.1) is 57.2 Å². The monoisotopic (exact) mass is 475 g/mol. The number of hydrogen-bond acceptors (Lipinski definition) is 4. The van der Waals surface area contributed by atoms with Crippen LogP contribution >= 0.6 is 0 Å². The van der Waals surface area contributed by atoms with Gasteiger partial charge in [-0.25, -0.2) is 9.97 Å². The molecule has 7 aromatic rings. The first-order valence-electron chi connectivity index (χ1n) is 12.2. The first-order valence-corrected chi connectivity index (χ1v) is 12.2. The lowest BCUT2D eigenvalue weighted by atomic mass is 9.97. The van der Waals surface area contributed by atoms with Gasteiger partial charge >= 0.3 is 0 Å². The van der Waals surface area contributed by atoms with Gasteiger partial charge in [-0.2, -0.15) is 0 Å². The van der Waals surface area contributed by atoms with Crippen LogP contribution in [-0.2, 0) is 0 Å². The van der Waals surface area contributed by atoms with Crippen LogP contribution in [-0.4, -0.2) is 24.9 Å². The molecular formula is C32H21N5. The van der Waals surface area contributed by atoms with Crippen LogP contribution in [0.2, 0.25) is 0 Å². The number of para-hydroxylation sites is 4. The number of rotatable bonds is 4. The van der Waals surface area contributed by atoms with Crippen LogP contribution < -0.4 is 0 Å². The van der Waals surface area contributed by atoms with Gasteiger partial charge in [-0.3, -0.25) is 9.97 Å². The fraction of sp³-hybridized carbons (Fsp3) is 0. The summed E-state index contributed by atoms with van der Waals surface area (Å²) in [7, 11) is 0. The Kier molecular flexibility index (Phi) is 5.03. The highest BCUT2D eigenvalue weighted by molar-refractivity contribution is 6.00. The molecule has 4 aromatic carbocycles. The third-order valence-corrected chi connectivity index (χ3v) is 6.53. The second-order valence-corrected chi connectivity index (χ2v) is 8.84. The number of aromatic amines is 1. The molecule has 0 atom stereocenters. The van der Waals surface area contributed by atoms with Crippen LogP contribution in [0.4, 0.5) is 0 Å². The van der Waals surface area contributed by atoms with E-state index < -0.39 is 0 Å². The highest BCUT2D eigenvalue weighted by Gasteiger charge is 2.25. The van der Waals surface area contributed by atoms with E-state index in [-0.39, 0.29) is 0 Å². The molecule has 0 aliphatic heterocycles. The maximum Gasteiger partial charge on any atom is 0.0921 e. The van der Waals surface area contributed by atoms with E-state index in [9.17, 15) is 0 Å². The van der Waals surface area contributed by atoms with Crippen molar-refractivity contribution in [2.75, 3.05) is 0 Å². The quantitative estimate of drug-likeness (QED) is 0.285. The predicted octanol–water partition coefficient (Wildman–Crippen LogP) is 7.57. The Morgan fingerprint density at radius 3 is 1.22 bits per heavy atom. The van der Waals surface area contributed by atoms with Crippen molar-refractivity contribution in [1.29, 1.82) is 0 Å². The largest absolute Gasteiger partial charge is 0.353 e. The highest BCUT2D eigenvalue weighted by atomic mass is 14.9. The van der Waals surface area contributed by atoms with Crippen molar-refractivity contribution in [2.24, 2.45) is 0 Å². The van der Waals surface area contributed by atoms with Crippen LogP contribution in [0, 0.1) is 0 Å². The van der Waals surface area contributed by atoms with Crippen LogP contribution in [0.1, 0.15) is 0 Å². The number of fused-ring (bicyclic) bond motifs is 2. The minimum absolute atomic E-state index is 0.779. The minimum Gasteiger partial charge on any atom is -0.353 e. The van der Waals surface area contributed by atoms with Gasteiger partial charge < -0.3 is 4.98 Å². The molecule has 0 radical (unpaired) electrons. The van der Waals surface area contributed by atoms with E-state index in [4.69, 9.17) is 19.9 Å². The van der Waals surface area contributed by atoms with Gasteiger partial charge in [0.2, 0.25) is 0 Å². The van der Waals surface area contributed by atoms with Gasteiger partial charge in [0.15, 0.2) is 0 Å². The Hall–Kier alpha value is -5.16. The van der Waals surface area contributed by atoms with Crippen LogP contribution in [0.3, 0.4) is 0 Å². The topological polar surface area (TPSA) is 67.3 Å². The van der Waals surface area contributed by atoms with E-state index in [1.165, 1.54) is 0 Å². The molecule has 5 heteroatoms. The van der Waals surface area contributed by atoms with Crippen molar-refractivity contribution in [3.63, 3.8) is 0 Å². The number of H-pyrrole nitrogens is 1. The molecule has 0 aliphatic rings. The SMILES string of the molecule is c1ccc(-c2[nH]c(-c3ccccc3)c(-c3cnc4ccccc4n3)c2-c2cnc3ccccc3n2)cc1. The second-order valence-electron chi connectivity index (χ2n) is 8.84. The number of nitrogens with zero attached hydrogens (tertiary/aromatic N) is 4. The molecule has 3 aromatic heterocycles. The van der Waals surface area contributed by atoms with Crippen molar-refractivity contribution in [2.45, 2.75) is 0 Å². The molecule has 0 amide bonds. The minimum atomic E-state index is 0.779. The van der Waals surface area contributed by atoms with Gasteiger partial charge in [-0.1, -0.05) is 84.9 Å². The van der Waals surface area contributed by atoms with Crippen molar-refractivity contribution >= 4 is 22.1 Å². The van der Waals surface area contributed by atoms with Gasteiger partial charge in [0.25, 0.3) is 0 Å². The molecule has 0 fully saturated rings. The van der Waals surface area contributed by atoms with Crippen molar-refractivity contribution in [1.82, 2.24) is 24.9 Å². The van der Waals surface area contributed by atoms with Crippen LogP contribution in [0.15, 0.2) is 122 Å². The molecule has 0 bridgehead atoms. The van der Waals surface area contributed by atoms with E-state index in [2.05, 4.69) is 29.2 Å². The molecule has 0 spiro atoms. The summed E-state index contributed by atoms with van der Waals surface area (Å²) in [6, 6.07) is 36.5. The fourth-order valence-electron chi connectivity index (χ4n) is 4.81. The van der Waals surface area contributed by atoms with Crippen molar-refractivity contribution in [3.8, 4) is 45.0 Å². The molecule has 0 unspecified atom stereocenters. The molecular weight excluding hydrogens is 454 g/mol. The Labute approximate surface area is 213 Å². The standard InChI is InChI=1S/C32H21N5/c1-3-11-21(12-4-1)31-29(27-19-33-23-15-7-9-17-25(23)35-27)30(32(37-31)22-13-5-2-6-14-22)28-20-34-24-16-8-10-18-26(24)36-28/h1-20,37H. The maximum atomic E-state index is 5.06. The molecule has 1 N–H and O–H groups in total. The number of benzene rings is 4. The molecule has 0 aliphatic carbocycles. The first kappa shape index (κ1) is 21.1. The lowest BCUT2D eigenvalue weighted by Gasteiger charge is -2.10. The Morgan fingerprint density at radius 1 is 0.405 bits per heavy atom. The Bertz CT molecular complexity index is 1740. The third kappa shape index (κ3) is 3.74. The Balaban J connectivity index is 1.60. The summed E-state index contributed by atoms with van der Waals surface area (Å²) in [4.78, 5) is 23.3. The zero-order chi connectivity index (χ0) is 24.6. The van der Waals surface area contributed by atoms with Crippen LogP contribution in [0.25, 0.3) is 67.1 Å². The number of aromatic nitrogens is 5. The molecule has 37 heavy (non-hydrogen) atoms. The smallest absolute Gasteiger partial charge is 0.0921 e. The normalized spacial score (nSPS) is 11.2. The van der Waals surface area contributed by atoms with E-state index in [1.807, 2.05) is 97.3 Å². The fourth-order valence-corrected chi connectivity index (χ4v) is 4.81. The average Bonchev–Trinajstić information content (AvgIpc) is 3.38. The lowest BCUT2D eigenvalue weighted by molar-refractivity contribution is 1.28. The van der Waals surface area contributed by atoms with Gasteiger partial charge in [0, 0.05) is 11.1 Å². The molecule has 0 saturated carbocycles. The van der Waals surface area contributed by atoms with Crippen LogP contribution in [0.5, 0.6) is 0 Å². The maximum absolute atomic E-state index is 5.06. The molecule has 7 rings (SSSR count). The van der Waals surface area contributed by atoms with Crippen molar-refractivity contribution in [3.05, 3.63) is 122 Å². The number of hydrogen-bond donors (Lipinski definition) is 1. The summed E-state index contributed by atoms with van der Waals surface area (Å²) in [5, 5.41) is 0. The van der Waals surface area contributed by atoms with Gasteiger partial charge in [-0.05, 0) is 35.4 Å². The summed E-state index contributed by atoms with van der Waals surface area (Å²) in [5.41, 5.74) is 10.9. The highest BCUT2D eigenvalue weighted by Crippen LogP contribution is 2.45. The summed E-state index contributed by atoms with van der Waals surface area (Å²) >= 11 is 0. The Morgan fingerprint density at radius 2 is 0.784 bits per heavy atom. The summed E-state index contributed by atoms with van der Waals surface area (Å²) < 4.78 is 0. The molecule has 0 saturated heterocycles. The third-order valence-electron chi connectivity index (χ3n) is 6.53. The van der Waals surface area contributed by atoms with Gasteiger partial charge in [-0.15, -0.1) is 0 Å². The van der Waals surface area contributed by atoms with E-state index in [0.717, 1.165) is 67.1 Å². The summed E-state index contributed by atoms with van der Waals surface area (Å²) in [6.45, 7) is 0. The van der Waals surface area contributed by atoms with E-state index in [0.29, 0.717) is 0 Å². The molecule has 174 valence electrons. The lowest BCUT2D eigenvalue weighted by Crippen LogP contribution is -1.94. The number of nitrogens with one attached hydrogen (secondary N) is 1. The molecule has 3 heterocycles. The summed E-state index contributed by atoms with van der Waals surface area (Å²) in [5.74, 6) is 0. The average molecular weight is 476 g/mol. The first-order chi connectivity index (χ1) is 18.3. The van der Waals surface area contributed by atoms with Gasteiger partial charge in [0.1, 0.15) is 0 Å². The van der Waals surface area contributed by atoms with E-state index >= 15 is 0 Å². The predicted molar refractivity (Wildman–Crippen MR) is 149 cm³/mol. The second kappa shape index (κ2) is 8.81. The van der Waals surface area contributed by atoms with Crippen molar-refractivity contribution < 1.29 is 0 Å². The zero-order valence-corrected chi connectivity index (χ0v) is 19.8. The molecule has 5 nitrogen and oxygen atoms in total. The summed E-state index contributed by atoms with van der Waals surface area (Å²) in [6.07, 6.45) is 3.70. The zero-order valence-electron chi connectivity index (χ0n) is 19.8. The van der Waals surface area contributed by atoms with E-state index in [1.54, 1.807) is 0 Å².